The van der Waals surface area contributed by atoms with Gasteiger partial charge >= 0.3 is 5.97 Å². The van der Waals surface area contributed by atoms with Gasteiger partial charge in [0.2, 0.25) is 5.91 Å². The minimum Gasteiger partial charge on any atom is -0.497 e. The van der Waals surface area contributed by atoms with Crippen molar-refractivity contribution in [3.63, 3.8) is 0 Å². The van der Waals surface area contributed by atoms with Crippen molar-refractivity contribution < 1.29 is 19.1 Å². The first-order valence-electron chi connectivity index (χ1n) is 7.58. The van der Waals surface area contributed by atoms with Gasteiger partial charge < -0.3 is 20.1 Å². The van der Waals surface area contributed by atoms with Crippen LogP contribution >= 0.6 is 0 Å². The highest BCUT2D eigenvalue weighted by molar-refractivity contribution is 6.02. The van der Waals surface area contributed by atoms with E-state index in [1.54, 1.807) is 50.4 Å². The standard InChI is InChI=1S/C18H20N2O4/c1-3-24-18(22)15-6-4-5-7-16(15)20-17(21)12-19-13-8-10-14(23-2)11-9-13/h4-11,19H,3,12H2,1-2H3,(H,20,21). The van der Waals surface area contributed by atoms with Crippen LogP contribution in [0.3, 0.4) is 0 Å². The van der Waals surface area contributed by atoms with Crippen molar-refractivity contribution in [3.8, 4) is 5.75 Å². The smallest absolute Gasteiger partial charge is 0.340 e. The van der Waals surface area contributed by atoms with E-state index in [0.717, 1.165) is 11.4 Å². The first-order valence-corrected chi connectivity index (χ1v) is 7.58. The van der Waals surface area contributed by atoms with Gasteiger partial charge in [-0.05, 0) is 43.3 Å². The second-order valence-electron chi connectivity index (χ2n) is 4.90. The summed E-state index contributed by atoms with van der Waals surface area (Å²) in [5.41, 5.74) is 1.55. The van der Waals surface area contributed by atoms with E-state index in [2.05, 4.69) is 10.6 Å². The molecular formula is C18H20N2O4. The Labute approximate surface area is 140 Å². The third-order valence-corrected chi connectivity index (χ3v) is 3.24. The fourth-order valence-electron chi connectivity index (χ4n) is 2.06. The molecule has 1 amide bonds. The van der Waals surface area contributed by atoms with Crippen LogP contribution in [-0.2, 0) is 9.53 Å². The molecule has 24 heavy (non-hydrogen) atoms. The van der Waals surface area contributed by atoms with Crippen LogP contribution in [0.25, 0.3) is 0 Å². The lowest BCUT2D eigenvalue weighted by Gasteiger charge is -2.11. The first kappa shape index (κ1) is 17.3. The van der Waals surface area contributed by atoms with Gasteiger partial charge in [0.05, 0.1) is 31.5 Å². The van der Waals surface area contributed by atoms with Crippen LogP contribution in [-0.4, -0.2) is 32.1 Å². The predicted molar refractivity (Wildman–Crippen MR) is 92.5 cm³/mol. The van der Waals surface area contributed by atoms with Crippen LogP contribution in [0.2, 0.25) is 0 Å². The Morgan fingerprint density at radius 1 is 1.04 bits per heavy atom. The Morgan fingerprint density at radius 2 is 1.75 bits per heavy atom. The van der Waals surface area contributed by atoms with Gasteiger partial charge in [-0.2, -0.15) is 0 Å². The monoisotopic (exact) mass is 328 g/mol. The fraction of sp³-hybridized carbons (Fsp3) is 0.222. The van der Waals surface area contributed by atoms with Gasteiger partial charge in [0.15, 0.2) is 0 Å². The number of methoxy groups -OCH3 is 1. The summed E-state index contributed by atoms with van der Waals surface area (Å²) < 4.78 is 10.1. The molecule has 0 unspecified atom stereocenters. The third kappa shape index (κ3) is 4.74. The zero-order chi connectivity index (χ0) is 17.4. The summed E-state index contributed by atoms with van der Waals surface area (Å²) in [5.74, 6) is 0.0208. The summed E-state index contributed by atoms with van der Waals surface area (Å²) in [6.07, 6.45) is 0. The maximum Gasteiger partial charge on any atom is 0.340 e. The molecule has 2 aromatic rings. The molecule has 6 heteroatoms. The minimum atomic E-state index is -0.462. The Kier molecular flexibility index (Phi) is 6.19. The molecule has 2 N–H and O–H groups in total. The molecule has 0 radical (unpaired) electrons. The number of rotatable bonds is 7. The van der Waals surface area contributed by atoms with E-state index in [1.165, 1.54) is 0 Å². The average Bonchev–Trinajstić information content (AvgIpc) is 2.61. The Bertz CT molecular complexity index is 698. The van der Waals surface area contributed by atoms with Crippen LogP contribution < -0.4 is 15.4 Å². The number of anilines is 2. The summed E-state index contributed by atoms with van der Waals surface area (Å²) in [6, 6.07) is 14.0. The quantitative estimate of drug-likeness (QED) is 0.764. The second-order valence-corrected chi connectivity index (χ2v) is 4.90. The molecule has 6 nitrogen and oxygen atoms in total. The van der Waals surface area contributed by atoms with E-state index in [1.807, 2.05) is 12.1 Å². The van der Waals surface area contributed by atoms with Crippen molar-refractivity contribution in [2.24, 2.45) is 0 Å². The molecule has 2 aromatic carbocycles. The van der Waals surface area contributed by atoms with Crippen molar-refractivity contribution in [1.82, 2.24) is 0 Å². The fourth-order valence-corrected chi connectivity index (χ4v) is 2.06. The van der Waals surface area contributed by atoms with Gasteiger partial charge in [-0.3, -0.25) is 4.79 Å². The molecule has 0 bridgehead atoms. The molecule has 0 fully saturated rings. The first-order chi connectivity index (χ1) is 11.6. The molecule has 0 spiro atoms. The number of carbonyl (C=O) groups is 2. The third-order valence-electron chi connectivity index (χ3n) is 3.24. The SMILES string of the molecule is CCOC(=O)c1ccccc1NC(=O)CNc1ccc(OC)cc1. The number of ether oxygens (including phenoxy) is 2. The highest BCUT2D eigenvalue weighted by Crippen LogP contribution is 2.17. The largest absolute Gasteiger partial charge is 0.497 e. The van der Waals surface area contributed by atoms with Crippen LogP contribution in [0.1, 0.15) is 17.3 Å². The molecular weight excluding hydrogens is 308 g/mol. The van der Waals surface area contributed by atoms with E-state index in [0.29, 0.717) is 11.3 Å². The lowest BCUT2D eigenvalue weighted by molar-refractivity contribution is -0.114. The van der Waals surface area contributed by atoms with Crippen LogP contribution in [0.5, 0.6) is 5.75 Å². The summed E-state index contributed by atoms with van der Waals surface area (Å²) in [5, 5.41) is 5.72. The van der Waals surface area contributed by atoms with E-state index in [9.17, 15) is 9.59 Å². The number of amides is 1. The molecule has 0 aliphatic carbocycles. The summed E-state index contributed by atoms with van der Waals surface area (Å²) in [4.78, 5) is 24.0. The predicted octanol–water partition coefficient (Wildman–Crippen LogP) is 2.92. The number of carbonyl (C=O) groups excluding carboxylic acids is 2. The van der Waals surface area contributed by atoms with Gasteiger partial charge in [0, 0.05) is 5.69 Å². The van der Waals surface area contributed by atoms with Gasteiger partial charge in [0.25, 0.3) is 0 Å². The average molecular weight is 328 g/mol. The molecule has 0 saturated carbocycles. The zero-order valence-corrected chi connectivity index (χ0v) is 13.7. The molecule has 0 atom stereocenters. The second kappa shape index (κ2) is 8.57. The van der Waals surface area contributed by atoms with Gasteiger partial charge in [-0.15, -0.1) is 0 Å². The van der Waals surface area contributed by atoms with Crippen molar-refractivity contribution in [2.45, 2.75) is 6.92 Å². The molecule has 126 valence electrons. The van der Waals surface area contributed by atoms with Crippen molar-refractivity contribution in [1.29, 1.82) is 0 Å². The number of nitrogens with one attached hydrogen (secondary N) is 2. The molecule has 0 aromatic heterocycles. The molecule has 2 rings (SSSR count). The van der Waals surface area contributed by atoms with Gasteiger partial charge in [0.1, 0.15) is 5.75 Å². The maximum absolute atomic E-state index is 12.1. The van der Waals surface area contributed by atoms with Crippen molar-refractivity contribution >= 4 is 23.3 Å². The summed E-state index contributed by atoms with van der Waals surface area (Å²) >= 11 is 0. The Balaban J connectivity index is 1.95. The normalized spacial score (nSPS) is 9.92. The highest BCUT2D eigenvalue weighted by Gasteiger charge is 2.13. The van der Waals surface area contributed by atoms with E-state index in [4.69, 9.17) is 9.47 Å². The van der Waals surface area contributed by atoms with Crippen molar-refractivity contribution in [3.05, 3.63) is 54.1 Å². The number of hydrogen-bond donors (Lipinski definition) is 2. The van der Waals surface area contributed by atoms with E-state index < -0.39 is 5.97 Å². The van der Waals surface area contributed by atoms with Crippen molar-refractivity contribution in [2.75, 3.05) is 30.9 Å². The number of esters is 1. The maximum atomic E-state index is 12.1. The lowest BCUT2D eigenvalue weighted by atomic mass is 10.2. The molecule has 0 saturated heterocycles. The molecule has 0 heterocycles. The molecule has 0 aliphatic rings. The van der Waals surface area contributed by atoms with Gasteiger partial charge in [-0.1, -0.05) is 12.1 Å². The van der Waals surface area contributed by atoms with Crippen LogP contribution in [0.4, 0.5) is 11.4 Å². The topological polar surface area (TPSA) is 76.7 Å². The number of para-hydroxylation sites is 1. The number of hydrogen-bond acceptors (Lipinski definition) is 5. The summed E-state index contributed by atoms with van der Waals surface area (Å²) in [7, 11) is 1.59. The van der Waals surface area contributed by atoms with Crippen LogP contribution in [0, 0.1) is 0 Å². The Morgan fingerprint density at radius 3 is 2.42 bits per heavy atom. The van der Waals surface area contributed by atoms with Gasteiger partial charge in [-0.25, -0.2) is 4.79 Å². The zero-order valence-electron chi connectivity index (χ0n) is 13.7. The Hall–Kier alpha value is -3.02. The molecule has 0 aliphatic heterocycles. The minimum absolute atomic E-state index is 0.0729. The number of benzene rings is 2. The lowest BCUT2D eigenvalue weighted by Crippen LogP contribution is -2.23. The van der Waals surface area contributed by atoms with Crippen LogP contribution in [0.15, 0.2) is 48.5 Å². The highest BCUT2D eigenvalue weighted by atomic mass is 16.5. The van der Waals surface area contributed by atoms with E-state index in [-0.39, 0.29) is 19.1 Å². The summed E-state index contributed by atoms with van der Waals surface area (Å²) in [6.45, 7) is 2.08. The van der Waals surface area contributed by atoms with E-state index >= 15 is 0 Å².